The maximum atomic E-state index is 13.2. The summed E-state index contributed by atoms with van der Waals surface area (Å²) in [6.45, 7) is 6.93. The van der Waals surface area contributed by atoms with Crippen LogP contribution < -0.4 is 14.9 Å². The topological polar surface area (TPSA) is 85.0 Å². The zero-order valence-corrected chi connectivity index (χ0v) is 20.9. The number of benzene rings is 2. The van der Waals surface area contributed by atoms with E-state index in [0.717, 1.165) is 38.4 Å². The fourth-order valence-electron chi connectivity index (χ4n) is 3.66. The summed E-state index contributed by atoms with van der Waals surface area (Å²) in [6, 6.07) is 11.3. The highest BCUT2D eigenvalue weighted by molar-refractivity contribution is 7.92. The van der Waals surface area contributed by atoms with Gasteiger partial charge in [-0.25, -0.2) is 8.42 Å². The number of hydrogen-bond acceptors (Lipinski definition) is 6. The van der Waals surface area contributed by atoms with Gasteiger partial charge in [-0.3, -0.25) is 9.52 Å². The molecule has 0 saturated carbocycles. The molecule has 0 bridgehead atoms. The van der Waals surface area contributed by atoms with Crippen LogP contribution in [0.4, 0.5) is 11.4 Å². The first-order valence-corrected chi connectivity index (χ1v) is 12.9. The molecule has 1 amide bonds. The van der Waals surface area contributed by atoms with Crippen LogP contribution in [0, 0.1) is 0 Å². The molecule has 0 spiro atoms. The predicted molar refractivity (Wildman–Crippen MR) is 134 cm³/mol. The van der Waals surface area contributed by atoms with E-state index in [1.54, 1.807) is 17.0 Å². The maximum Gasteiger partial charge on any atom is 0.261 e. The molecule has 0 aliphatic carbocycles. The normalized spacial score (nSPS) is 14.4. The summed E-state index contributed by atoms with van der Waals surface area (Å²) in [7, 11) is 0.0616. The van der Waals surface area contributed by atoms with Crippen LogP contribution in [0.3, 0.4) is 0 Å². The molecule has 33 heavy (non-hydrogen) atoms. The van der Waals surface area contributed by atoms with E-state index in [1.165, 1.54) is 24.3 Å². The summed E-state index contributed by atoms with van der Waals surface area (Å²) in [5.74, 6) is -0.127. The lowest BCUT2D eigenvalue weighted by atomic mass is 10.1. The lowest BCUT2D eigenvalue weighted by Crippen LogP contribution is -2.44. The van der Waals surface area contributed by atoms with E-state index in [0.29, 0.717) is 29.4 Å². The molecule has 3 rings (SSSR count). The van der Waals surface area contributed by atoms with Gasteiger partial charge < -0.3 is 20.0 Å². The lowest BCUT2D eigenvalue weighted by Gasteiger charge is -2.31. The smallest absolute Gasteiger partial charge is 0.261 e. The Morgan fingerprint density at radius 3 is 2.36 bits per heavy atom. The number of carbonyl (C=O) groups is 1. The molecule has 1 fully saturated rings. The summed E-state index contributed by atoms with van der Waals surface area (Å²) < 4.78 is 28.9. The number of amides is 1. The van der Waals surface area contributed by atoms with Crippen LogP contribution in [0.2, 0.25) is 5.02 Å². The number of nitrogens with one attached hydrogen (secondary N) is 2. The zero-order valence-electron chi connectivity index (χ0n) is 19.3. The predicted octanol–water partition coefficient (Wildman–Crippen LogP) is 2.57. The Kier molecular flexibility index (Phi) is 8.58. The summed E-state index contributed by atoms with van der Waals surface area (Å²) in [4.78, 5) is 19.2. The first-order chi connectivity index (χ1) is 15.7. The zero-order chi connectivity index (χ0) is 24.0. The van der Waals surface area contributed by atoms with Gasteiger partial charge in [0.15, 0.2) is 0 Å². The summed E-state index contributed by atoms with van der Waals surface area (Å²) >= 11 is 5.92. The Morgan fingerprint density at radius 1 is 1.09 bits per heavy atom. The van der Waals surface area contributed by atoms with Crippen molar-refractivity contribution >= 4 is 38.9 Å². The van der Waals surface area contributed by atoms with Crippen molar-refractivity contribution < 1.29 is 13.2 Å². The number of carbonyl (C=O) groups excluding carboxylic acids is 1. The van der Waals surface area contributed by atoms with Crippen molar-refractivity contribution in [1.82, 2.24) is 15.1 Å². The second kappa shape index (κ2) is 11.2. The monoisotopic (exact) mass is 493 g/mol. The van der Waals surface area contributed by atoms with Crippen molar-refractivity contribution in [3.05, 3.63) is 53.1 Å². The van der Waals surface area contributed by atoms with Gasteiger partial charge >= 0.3 is 0 Å². The standard InChI is InChI=1S/C23H32ClN5O3S/c1-4-28(16-15-27(2)3)23(30)18-5-10-22(29-13-11-25-12-14-29)21(17-18)26-33(31,32)20-8-6-19(24)7-9-20/h5-10,17,25-26H,4,11-16H2,1-3H3. The Morgan fingerprint density at radius 2 is 1.76 bits per heavy atom. The molecule has 0 aromatic heterocycles. The molecule has 0 atom stereocenters. The number of hydrogen-bond donors (Lipinski definition) is 2. The third-order valence-electron chi connectivity index (χ3n) is 5.56. The minimum absolute atomic E-state index is 0.107. The minimum atomic E-state index is -3.86. The van der Waals surface area contributed by atoms with Gasteiger partial charge in [-0.05, 0) is 63.5 Å². The summed E-state index contributed by atoms with van der Waals surface area (Å²) in [5, 5.41) is 3.76. The van der Waals surface area contributed by atoms with E-state index in [-0.39, 0.29) is 10.8 Å². The van der Waals surface area contributed by atoms with Crippen molar-refractivity contribution in [3.63, 3.8) is 0 Å². The molecule has 0 radical (unpaired) electrons. The maximum absolute atomic E-state index is 13.2. The number of sulfonamides is 1. The summed E-state index contributed by atoms with van der Waals surface area (Å²) in [6.07, 6.45) is 0. The average molecular weight is 494 g/mol. The van der Waals surface area contributed by atoms with Gasteiger partial charge in [-0.15, -0.1) is 0 Å². The molecule has 2 aromatic carbocycles. The van der Waals surface area contributed by atoms with Gasteiger partial charge in [0.05, 0.1) is 16.3 Å². The first kappa shape index (κ1) is 25.3. The largest absolute Gasteiger partial charge is 0.367 e. The number of likely N-dealkylation sites (N-methyl/N-ethyl adjacent to an activating group) is 2. The highest BCUT2D eigenvalue weighted by atomic mass is 35.5. The van der Waals surface area contributed by atoms with Crippen LogP contribution >= 0.6 is 11.6 Å². The molecule has 1 aliphatic heterocycles. The van der Waals surface area contributed by atoms with Gasteiger partial charge in [0.1, 0.15) is 0 Å². The average Bonchev–Trinajstić information content (AvgIpc) is 2.79. The molecule has 8 nitrogen and oxygen atoms in total. The van der Waals surface area contributed by atoms with Gasteiger partial charge in [-0.1, -0.05) is 11.6 Å². The van der Waals surface area contributed by atoms with Crippen molar-refractivity contribution in [2.45, 2.75) is 11.8 Å². The minimum Gasteiger partial charge on any atom is -0.367 e. The quantitative estimate of drug-likeness (QED) is 0.558. The number of anilines is 2. The van der Waals surface area contributed by atoms with Crippen LogP contribution in [-0.2, 0) is 10.0 Å². The Bertz CT molecular complexity index is 1050. The van der Waals surface area contributed by atoms with Crippen LogP contribution in [-0.4, -0.2) is 84.0 Å². The van der Waals surface area contributed by atoms with E-state index >= 15 is 0 Å². The molecule has 180 valence electrons. The van der Waals surface area contributed by atoms with Gasteiger partial charge in [0.25, 0.3) is 15.9 Å². The molecule has 2 aromatic rings. The van der Waals surface area contributed by atoms with Crippen LogP contribution in [0.15, 0.2) is 47.4 Å². The van der Waals surface area contributed by atoms with E-state index < -0.39 is 10.0 Å². The molecule has 10 heteroatoms. The third kappa shape index (κ3) is 6.60. The lowest BCUT2D eigenvalue weighted by molar-refractivity contribution is 0.0754. The number of piperazine rings is 1. The first-order valence-electron chi connectivity index (χ1n) is 11.0. The molecular formula is C23H32ClN5O3S. The fourth-order valence-corrected chi connectivity index (χ4v) is 4.85. The van der Waals surface area contributed by atoms with Gasteiger partial charge in [-0.2, -0.15) is 0 Å². The number of nitrogens with zero attached hydrogens (tertiary/aromatic N) is 3. The van der Waals surface area contributed by atoms with E-state index in [2.05, 4.69) is 14.9 Å². The highest BCUT2D eigenvalue weighted by Gasteiger charge is 2.23. The van der Waals surface area contributed by atoms with Crippen LogP contribution in [0.25, 0.3) is 0 Å². The summed E-state index contributed by atoms with van der Waals surface area (Å²) in [5.41, 5.74) is 1.59. The van der Waals surface area contributed by atoms with Crippen molar-refractivity contribution in [3.8, 4) is 0 Å². The molecule has 0 unspecified atom stereocenters. The molecular weight excluding hydrogens is 462 g/mol. The number of halogens is 1. The fraction of sp³-hybridized carbons (Fsp3) is 0.435. The van der Waals surface area contributed by atoms with Crippen molar-refractivity contribution in [2.24, 2.45) is 0 Å². The SMILES string of the molecule is CCN(CCN(C)C)C(=O)c1ccc(N2CCNCC2)c(NS(=O)(=O)c2ccc(Cl)cc2)c1. The van der Waals surface area contributed by atoms with Crippen molar-refractivity contribution in [2.75, 3.05) is 69.5 Å². The molecule has 1 saturated heterocycles. The molecule has 1 heterocycles. The third-order valence-corrected chi connectivity index (χ3v) is 7.19. The molecule has 1 aliphatic rings. The van der Waals surface area contributed by atoms with E-state index in [1.807, 2.05) is 32.0 Å². The number of rotatable bonds is 9. The van der Waals surface area contributed by atoms with Gasteiger partial charge in [0, 0.05) is 56.4 Å². The molecule has 2 N–H and O–H groups in total. The van der Waals surface area contributed by atoms with E-state index in [9.17, 15) is 13.2 Å². The Hall–Kier alpha value is -2.33. The highest BCUT2D eigenvalue weighted by Crippen LogP contribution is 2.30. The second-order valence-electron chi connectivity index (χ2n) is 8.22. The van der Waals surface area contributed by atoms with E-state index in [4.69, 9.17) is 11.6 Å². The van der Waals surface area contributed by atoms with Crippen LogP contribution in [0.5, 0.6) is 0 Å². The van der Waals surface area contributed by atoms with Gasteiger partial charge in [0.2, 0.25) is 0 Å². The Labute approximate surface area is 201 Å². The second-order valence-corrected chi connectivity index (χ2v) is 10.3. The van der Waals surface area contributed by atoms with Crippen LogP contribution in [0.1, 0.15) is 17.3 Å². The van der Waals surface area contributed by atoms with Crippen molar-refractivity contribution in [1.29, 1.82) is 0 Å². The Balaban J connectivity index is 1.95.